The summed E-state index contributed by atoms with van der Waals surface area (Å²) in [6.07, 6.45) is 15.2. The summed E-state index contributed by atoms with van der Waals surface area (Å²) < 4.78 is 0. The Hall–Kier alpha value is -8.27. The van der Waals surface area contributed by atoms with Gasteiger partial charge < -0.3 is 15.0 Å². The summed E-state index contributed by atoms with van der Waals surface area (Å²) in [6, 6.07) is 81.1. The van der Waals surface area contributed by atoms with Crippen LogP contribution in [-0.4, -0.2) is 15.0 Å². The summed E-state index contributed by atoms with van der Waals surface area (Å²) in [4.78, 5) is 14.9. The molecule has 1 radical (unpaired) electrons. The van der Waals surface area contributed by atoms with Crippen molar-refractivity contribution in [1.29, 1.82) is 0 Å². The molecule has 0 atom stereocenters. The Bertz CT molecular complexity index is 3430. The van der Waals surface area contributed by atoms with Crippen molar-refractivity contribution in [3.05, 3.63) is 284 Å². The quantitative estimate of drug-likeness (QED) is 0.128. The molecule has 0 amide bonds. The fraction of sp³-hybridized carbons (Fsp3) is 0. The molecule has 0 fully saturated rings. The molecule has 1 aliphatic carbocycles. The minimum absolute atomic E-state index is 0. The average Bonchev–Trinajstić information content (AvgIpc) is 3.65. The van der Waals surface area contributed by atoms with Crippen molar-refractivity contribution in [3.63, 3.8) is 0 Å². The van der Waals surface area contributed by atoms with E-state index in [2.05, 4.69) is 182 Å². The van der Waals surface area contributed by atoms with E-state index in [4.69, 9.17) is 15.0 Å². The summed E-state index contributed by atoms with van der Waals surface area (Å²) in [5.74, 6) is 0. The molecule has 68 heavy (non-hydrogen) atoms. The number of rotatable bonds is 10. The summed E-state index contributed by atoms with van der Waals surface area (Å²) in [7, 11) is 0. The van der Waals surface area contributed by atoms with E-state index in [1.54, 1.807) is 0 Å². The summed E-state index contributed by atoms with van der Waals surface area (Å²) >= 11 is 0. The number of benzene rings is 7. The zero-order valence-electron chi connectivity index (χ0n) is 36.8. The smallest absolute Gasteiger partial charge is 0.0239 e. The maximum Gasteiger partial charge on any atom is 0.0239 e. The molecular weight excluding hydrogens is 1000 g/mol. The fourth-order valence-corrected chi connectivity index (χ4v) is 8.84. The molecule has 0 aliphatic heterocycles. The van der Waals surface area contributed by atoms with E-state index in [0.29, 0.717) is 0 Å². The first-order chi connectivity index (χ1) is 33.2. The molecule has 4 heteroatoms. The van der Waals surface area contributed by atoms with Gasteiger partial charge in [0.05, 0.1) is 0 Å². The summed E-state index contributed by atoms with van der Waals surface area (Å²) in [6.45, 7) is 0. The van der Waals surface area contributed by atoms with Crippen LogP contribution in [0.1, 0.15) is 16.7 Å². The van der Waals surface area contributed by atoms with Gasteiger partial charge in [0.1, 0.15) is 0 Å². The van der Waals surface area contributed by atoms with Gasteiger partial charge in [-0.1, -0.05) is 167 Å². The van der Waals surface area contributed by atoms with Crippen LogP contribution in [0.2, 0.25) is 0 Å². The molecule has 3 nitrogen and oxygen atoms in total. The van der Waals surface area contributed by atoms with Crippen molar-refractivity contribution in [3.8, 4) is 78.3 Å². The molecule has 0 saturated carbocycles. The van der Waals surface area contributed by atoms with Crippen LogP contribution in [0.4, 0.5) is 0 Å². The van der Waals surface area contributed by atoms with Crippen LogP contribution in [-0.2, 0) is 20.1 Å². The molecule has 3 aromatic heterocycles. The number of pyridine rings is 3. The maximum atomic E-state index is 5.06. The van der Waals surface area contributed by atoms with Crippen LogP contribution >= 0.6 is 0 Å². The Morgan fingerprint density at radius 2 is 0.794 bits per heavy atom. The first kappa shape index (κ1) is 43.6. The van der Waals surface area contributed by atoms with Crippen LogP contribution in [0.25, 0.3) is 95.0 Å². The largest absolute Gasteiger partial charge is 0.304 e. The molecule has 7 aromatic carbocycles. The molecule has 0 N–H and O–H groups in total. The molecule has 1 aliphatic rings. The molecule has 0 unspecified atom stereocenters. The first-order valence-corrected chi connectivity index (χ1v) is 22.4. The predicted molar refractivity (Wildman–Crippen MR) is 276 cm³/mol. The topological polar surface area (TPSA) is 38.7 Å². The van der Waals surface area contributed by atoms with Gasteiger partial charge in [-0.05, 0) is 61.6 Å². The van der Waals surface area contributed by atoms with Gasteiger partial charge in [0.15, 0.2) is 0 Å². The molecule has 0 bridgehead atoms. The molecular formula is C64H41IrN3-4. The van der Waals surface area contributed by atoms with Crippen LogP contribution < -0.4 is 0 Å². The van der Waals surface area contributed by atoms with Crippen molar-refractivity contribution < 1.29 is 20.1 Å². The van der Waals surface area contributed by atoms with Crippen molar-refractivity contribution in [2.24, 2.45) is 0 Å². The molecule has 10 aromatic rings. The first-order valence-electron chi connectivity index (χ1n) is 22.4. The van der Waals surface area contributed by atoms with E-state index in [-0.39, 0.29) is 20.1 Å². The van der Waals surface area contributed by atoms with Gasteiger partial charge in [0.25, 0.3) is 0 Å². The Morgan fingerprint density at radius 1 is 0.324 bits per heavy atom. The SMILES string of the molecule is [Ir].[c-]1ccccc1-c1ccc(-c2ccccc2C2=C[CH-]C(c3ccccc3-c3cnc(-c4[c-]cccc4)cc3-c3ccccc3)=CC(c3ccccc3-c3ccc(-c4[c-]cccc4)nc3)=C2)cn1. The molecule has 3 heterocycles. The normalized spacial score (nSPS) is 12.1. The van der Waals surface area contributed by atoms with Crippen molar-refractivity contribution in [2.75, 3.05) is 0 Å². The van der Waals surface area contributed by atoms with Crippen molar-refractivity contribution in [1.82, 2.24) is 15.0 Å². The Kier molecular flexibility index (Phi) is 12.9. The fourth-order valence-electron chi connectivity index (χ4n) is 8.84. The van der Waals surface area contributed by atoms with Crippen LogP contribution in [0.3, 0.4) is 0 Å². The predicted octanol–water partition coefficient (Wildman–Crippen LogP) is 15.7. The number of nitrogens with zero attached hydrogens (tertiary/aromatic N) is 3. The third kappa shape index (κ3) is 9.12. The molecule has 11 rings (SSSR count). The third-order valence-electron chi connectivity index (χ3n) is 12.2. The minimum Gasteiger partial charge on any atom is -0.304 e. The van der Waals surface area contributed by atoms with Crippen LogP contribution in [0.15, 0.2) is 243 Å². The Morgan fingerprint density at radius 3 is 1.32 bits per heavy atom. The number of hydrogen-bond acceptors (Lipinski definition) is 3. The monoisotopic (exact) mass is 1040 g/mol. The Labute approximate surface area is 412 Å². The molecule has 0 spiro atoms. The van der Waals surface area contributed by atoms with E-state index < -0.39 is 0 Å². The standard InChI is InChI=1S/C64H41N3.Ir/c1-5-19-45(20-6-1)60-41-64(48-25-11-4-12-26-48)67-44-61(60)59-32-18-17-28-55(59)50-34-33-49(54-27-13-14-29-56(54)51-35-37-62(65-42-51)46-21-7-2-8-22-46)39-53(40-50)58-31-16-15-30-57(58)52-36-38-63(66-43-52)47-23-9-3-10-24-47;/h1-21,23,25,27-44H;/q-4;. The van der Waals surface area contributed by atoms with E-state index in [1.165, 1.54) is 0 Å². The van der Waals surface area contributed by atoms with Gasteiger partial charge >= 0.3 is 0 Å². The molecule has 325 valence electrons. The zero-order valence-corrected chi connectivity index (χ0v) is 39.2. The van der Waals surface area contributed by atoms with Gasteiger partial charge in [0, 0.05) is 38.7 Å². The third-order valence-corrected chi connectivity index (χ3v) is 12.2. The maximum absolute atomic E-state index is 5.06. The zero-order chi connectivity index (χ0) is 44.8. The van der Waals surface area contributed by atoms with Gasteiger partial charge in [-0.15, -0.1) is 132 Å². The molecule has 0 saturated heterocycles. The van der Waals surface area contributed by atoms with E-state index in [1.807, 2.05) is 85.3 Å². The van der Waals surface area contributed by atoms with Gasteiger partial charge in [-0.3, -0.25) is 0 Å². The second-order valence-corrected chi connectivity index (χ2v) is 16.3. The van der Waals surface area contributed by atoms with E-state index >= 15 is 0 Å². The van der Waals surface area contributed by atoms with Gasteiger partial charge in [-0.25, -0.2) is 0 Å². The second-order valence-electron chi connectivity index (χ2n) is 16.3. The van der Waals surface area contributed by atoms with E-state index in [9.17, 15) is 0 Å². The van der Waals surface area contributed by atoms with Crippen LogP contribution in [0, 0.1) is 24.6 Å². The van der Waals surface area contributed by atoms with Crippen LogP contribution in [0.5, 0.6) is 0 Å². The Balaban J connectivity index is 0.00000539. The number of hydrogen-bond donors (Lipinski definition) is 0. The number of allylic oxidation sites excluding steroid dienone is 6. The van der Waals surface area contributed by atoms with Gasteiger partial charge in [-0.2, -0.15) is 0 Å². The minimum atomic E-state index is 0. The van der Waals surface area contributed by atoms with Crippen molar-refractivity contribution >= 4 is 16.7 Å². The number of aromatic nitrogens is 3. The average molecular weight is 1040 g/mol. The second kappa shape index (κ2) is 20.1. The van der Waals surface area contributed by atoms with Crippen molar-refractivity contribution in [2.45, 2.75) is 0 Å². The summed E-state index contributed by atoms with van der Waals surface area (Å²) in [5, 5.41) is 0. The van der Waals surface area contributed by atoms with Gasteiger partial charge in [0.2, 0.25) is 0 Å². The van der Waals surface area contributed by atoms with E-state index in [0.717, 1.165) is 112 Å². The summed E-state index contributed by atoms with van der Waals surface area (Å²) in [5.41, 5.74) is 20.6.